The molecule has 0 radical (unpaired) electrons. The first kappa shape index (κ1) is 35.5. The number of hydrogen-bond acceptors (Lipinski definition) is 6. The van der Waals surface area contributed by atoms with E-state index in [4.69, 9.17) is 19.4 Å². The number of nitrogens with one attached hydrogen (secondary N) is 2. The number of anilines is 4. The molecule has 0 fully saturated rings. The van der Waals surface area contributed by atoms with Crippen molar-refractivity contribution < 1.29 is 9.47 Å². The Morgan fingerprint density at radius 3 is 1.04 bits per heavy atom. The highest BCUT2D eigenvalue weighted by molar-refractivity contribution is 6.10. The fourth-order valence-corrected chi connectivity index (χ4v) is 6.89. The third-order valence-corrected chi connectivity index (χ3v) is 9.52. The number of aromatic nitrogens is 2. The molecule has 7 heteroatoms. The van der Waals surface area contributed by atoms with Crippen LogP contribution in [0, 0.1) is 0 Å². The number of ether oxygens (including phenoxy) is 2. The molecule has 0 aliphatic heterocycles. The second kappa shape index (κ2) is 17.1. The molecular weight excluding hydrogens is 676 g/mol. The Morgan fingerprint density at radius 1 is 0.358 bits per heavy atom. The van der Waals surface area contributed by atoms with Crippen molar-refractivity contribution in [1.82, 2.24) is 9.97 Å². The van der Waals surface area contributed by atoms with Gasteiger partial charge in [-0.05, 0) is 61.4 Å². The lowest BCUT2D eigenvalue weighted by Crippen LogP contribution is -2.02. The lowest BCUT2D eigenvalue weighted by atomic mass is 10.1. The molecule has 0 spiro atoms. The molecule has 0 amide bonds. The number of fused-ring (bicyclic) bond motifs is 4. The van der Waals surface area contributed by atoms with Crippen LogP contribution < -0.4 is 20.1 Å². The number of halogens is 1. The molecule has 8 aromatic rings. The first-order chi connectivity index (χ1) is 25.8. The van der Waals surface area contributed by atoms with Crippen LogP contribution in [0.1, 0.15) is 38.5 Å². The first-order valence-electron chi connectivity index (χ1n) is 18.3. The van der Waals surface area contributed by atoms with E-state index in [1.54, 1.807) is 0 Å². The summed E-state index contributed by atoms with van der Waals surface area (Å²) >= 11 is 0. The first-order valence-corrected chi connectivity index (χ1v) is 18.3. The highest BCUT2D eigenvalue weighted by atomic mass is 35.5. The molecule has 0 unspecified atom stereocenters. The minimum Gasteiger partial charge on any atom is -0.491 e. The Labute approximate surface area is 316 Å². The molecule has 0 aliphatic carbocycles. The van der Waals surface area contributed by atoms with Gasteiger partial charge >= 0.3 is 0 Å². The predicted molar refractivity (Wildman–Crippen MR) is 224 cm³/mol. The van der Waals surface area contributed by atoms with Gasteiger partial charge in [-0.2, -0.15) is 0 Å². The molecule has 0 bridgehead atoms. The molecule has 53 heavy (non-hydrogen) atoms. The molecular formula is C46H43ClN4O2. The molecule has 0 aliphatic rings. The maximum absolute atomic E-state index is 6.32. The summed E-state index contributed by atoms with van der Waals surface area (Å²) < 4.78 is 12.6. The van der Waals surface area contributed by atoms with Crippen LogP contribution >= 0.6 is 12.4 Å². The average Bonchev–Trinajstić information content (AvgIpc) is 3.19. The summed E-state index contributed by atoms with van der Waals surface area (Å²) in [4.78, 5) is 9.74. The van der Waals surface area contributed by atoms with E-state index in [1.165, 1.54) is 12.8 Å². The Morgan fingerprint density at radius 2 is 0.660 bits per heavy atom. The number of pyridine rings is 2. The van der Waals surface area contributed by atoms with E-state index < -0.39 is 0 Å². The quantitative estimate of drug-likeness (QED) is 0.0812. The average molecular weight is 719 g/mol. The van der Waals surface area contributed by atoms with Crippen LogP contribution in [-0.2, 0) is 0 Å². The minimum atomic E-state index is 0. The van der Waals surface area contributed by atoms with E-state index in [0.29, 0.717) is 13.2 Å². The smallest absolute Gasteiger partial charge is 0.142 e. The summed E-state index contributed by atoms with van der Waals surface area (Å²) in [6.07, 6.45) is 6.66. The summed E-state index contributed by atoms with van der Waals surface area (Å²) in [5, 5.41) is 11.8. The SMILES string of the molecule is Cl.c1ccc(OCCCCCCCCOc2ccccc2Nc2c3ccccc3nc3ccccc23)c(Nc2c3ccccc3nc3ccccc23)c1. The normalized spacial score (nSPS) is 11.1. The summed E-state index contributed by atoms with van der Waals surface area (Å²) in [5.74, 6) is 1.73. The molecule has 2 heterocycles. The second-order valence-corrected chi connectivity index (χ2v) is 13.1. The zero-order chi connectivity index (χ0) is 35.0. The molecule has 6 aromatic carbocycles. The van der Waals surface area contributed by atoms with Crippen molar-refractivity contribution in [2.45, 2.75) is 38.5 Å². The fraction of sp³-hybridized carbons (Fsp3) is 0.174. The lowest BCUT2D eigenvalue weighted by Gasteiger charge is -2.17. The van der Waals surface area contributed by atoms with Crippen molar-refractivity contribution in [2.75, 3.05) is 23.8 Å². The van der Waals surface area contributed by atoms with Crippen molar-refractivity contribution >= 4 is 78.8 Å². The molecule has 2 N–H and O–H groups in total. The summed E-state index contributed by atoms with van der Waals surface area (Å²) in [6.45, 7) is 1.37. The highest BCUT2D eigenvalue weighted by Gasteiger charge is 2.13. The van der Waals surface area contributed by atoms with E-state index in [-0.39, 0.29) is 12.4 Å². The Balaban J connectivity index is 0.00000435. The van der Waals surface area contributed by atoms with Crippen molar-refractivity contribution in [3.8, 4) is 11.5 Å². The van der Waals surface area contributed by atoms with Gasteiger partial charge in [-0.1, -0.05) is 123 Å². The summed E-state index contributed by atoms with van der Waals surface area (Å²) in [5.41, 5.74) is 7.91. The van der Waals surface area contributed by atoms with Gasteiger partial charge in [0.15, 0.2) is 0 Å². The number of rotatable bonds is 15. The van der Waals surface area contributed by atoms with Crippen LogP contribution in [0.4, 0.5) is 22.7 Å². The lowest BCUT2D eigenvalue weighted by molar-refractivity contribution is 0.298. The van der Waals surface area contributed by atoms with Crippen LogP contribution in [0.3, 0.4) is 0 Å². The summed E-state index contributed by atoms with van der Waals surface area (Å²) in [6, 6.07) is 49.5. The standard InChI is InChI=1S/C46H42N4O2.ClH/c1(3-17-31-51-43-29-15-13-27-41(43)49-45-33-19-5-9-23-37(33)47-38-24-10-6-20-34(38)45)2-4-18-32-52-44-30-16-14-28-42(44)50-46-35-21-7-11-25-39(35)48-40-26-12-8-22-36(40)46;/h5-16,19-30H,1-4,17-18,31-32H2,(H,47,49)(H,48,50);1H. The van der Waals surface area contributed by atoms with Gasteiger partial charge in [0.1, 0.15) is 11.5 Å². The third kappa shape index (κ3) is 8.14. The maximum Gasteiger partial charge on any atom is 0.142 e. The van der Waals surface area contributed by atoms with Gasteiger partial charge in [-0.15, -0.1) is 12.4 Å². The van der Waals surface area contributed by atoms with Gasteiger partial charge in [0.2, 0.25) is 0 Å². The van der Waals surface area contributed by atoms with Crippen LogP contribution in [0.15, 0.2) is 146 Å². The Hall–Kier alpha value is -5.85. The van der Waals surface area contributed by atoms with Crippen molar-refractivity contribution in [1.29, 1.82) is 0 Å². The van der Waals surface area contributed by atoms with Gasteiger partial charge in [-0.25, -0.2) is 9.97 Å². The van der Waals surface area contributed by atoms with Crippen molar-refractivity contribution in [2.24, 2.45) is 0 Å². The van der Waals surface area contributed by atoms with Crippen LogP contribution in [0.2, 0.25) is 0 Å². The molecule has 8 rings (SSSR count). The molecule has 266 valence electrons. The van der Waals surface area contributed by atoms with Crippen LogP contribution in [0.25, 0.3) is 43.6 Å². The van der Waals surface area contributed by atoms with Gasteiger partial charge in [0, 0.05) is 21.5 Å². The van der Waals surface area contributed by atoms with Gasteiger partial charge < -0.3 is 20.1 Å². The fourth-order valence-electron chi connectivity index (χ4n) is 6.89. The molecule has 2 aromatic heterocycles. The molecule has 6 nitrogen and oxygen atoms in total. The Kier molecular flexibility index (Phi) is 11.5. The van der Waals surface area contributed by atoms with E-state index in [2.05, 4.69) is 95.6 Å². The zero-order valence-corrected chi connectivity index (χ0v) is 30.4. The third-order valence-electron chi connectivity index (χ3n) is 9.52. The predicted octanol–water partition coefficient (Wildman–Crippen LogP) is 12.8. The van der Waals surface area contributed by atoms with Crippen LogP contribution in [-0.4, -0.2) is 23.2 Å². The second-order valence-electron chi connectivity index (χ2n) is 13.1. The number of benzene rings is 6. The largest absolute Gasteiger partial charge is 0.491 e. The number of unbranched alkanes of at least 4 members (excludes halogenated alkanes) is 5. The minimum absolute atomic E-state index is 0. The topological polar surface area (TPSA) is 68.3 Å². The van der Waals surface area contributed by atoms with Gasteiger partial charge in [0.25, 0.3) is 0 Å². The van der Waals surface area contributed by atoms with Crippen molar-refractivity contribution in [3.63, 3.8) is 0 Å². The Bertz CT molecular complexity index is 2190. The van der Waals surface area contributed by atoms with Crippen LogP contribution in [0.5, 0.6) is 11.5 Å². The maximum atomic E-state index is 6.32. The van der Waals surface area contributed by atoms with E-state index in [1.807, 2.05) is 60.7 Å². The van der Waals surface area contributed by atoms with Gasteiger partial charge in [-0.3, -0.25) is 0 Å². The monoisotopic (exact) mass is 718 g/mol. The van der Waals surface area contributed by atoms with Crippen molar-refractivity contribution in [3.05, 3.63) is 146 Å². The van der Waals surface area contributed by atoms with E-state index >= 15 is 0 Å². The summed E-state index contributed by atoms with van der Waals surface area (Å²) in [7, 11) is 0. The zero-order valence-electron chi connectivity index (χ0n) is 29.6. The van der Waals surface area contributed by atoms with E-state index in [0.717, 1.165) is 104 Å². The van der Waals surface area contributed by atoms with E-state index in [9.17, 15) is 0 Å². The number of para-hydroxylation sites is 8. The molecule has 0 atom stereocenters. The molecule has 0 saturated carbocycles. The number of nitrogens with zero attached hydrogens (tertiary/aromatic N) is 2. The number of hydrogen-bond donors (Lipinski definition) is 2. The van der Waals surface area contributed by atoms with Gasteiger partial charge in [0.05, 0.1) is 58.0 Å². The molecule has 0 saturated heterocycles. The highest BCUT2D eigenvalue weighted by Crippen LogP contribution is 2.37.